The smallest absolute Gasteiger partial charge is 0.233 e. The Balaban J connectivity index is 0.00000218. The van der Waals surface area contributed by atoms with E-state index < -0.39 is 0 Å². The monoisotopic (exact) mass is 433 g/mol. The second-order valence-corrected chi connectivity index (χ2v) is 9.14. The van der Waals surface area contributed by atoms with Crippen molar-refractivity contribution in [2.24, 2.45) is 23.7 Å². The first kappa shape index (κ1) is 21.5. The molecule has 7 nitrogen and oxygen atoms in total. The van der Waals surface area contributed by atoms with E-state index in [2.05, 4.69) is 19.8 Å². The Labute approximate surface area is 184 Å². The standard InChI is InChI=1S/C22H31N5O2.ClH/c28-20-18-16-4-5-17(7-6-16)19(18)21(29)27(20)11-2-1-10-25-12-14-26(15-13-25)22-23-8-3-9-24-22;/h3,8-9,16-19H,1-2,4-7,10-15H2;1H. The van der Waals surface area contributed by atoms with Crippen LogP contribution >= 0.6 is 12.4 Å². The molecule has 0 aromatic carbocycles. The van der Waals surface area contributed by atoms with Crippen LogP contribution in [0.25, 0.3) is 0 Å². The number of carbonyl (C=O) groups excluding carboxylic acids is 2. The first-order chi connectivity index (χ1) is 14.2. The minimum Gasteiger partial charge on any atom is -0.338 e. The van der Waals surface area contributed by atoms with E-state index >= 15 is 0 Å². The maximum absolute atomic E-state index is 12.9. The summed E-state index contributed by atoms with van der Waals surface area (Å²) in [6, 6.07) is 1.84. The third-order valence-corrected chi connectivity index (χ3v) is 7.63. The zero-order valence-corrected chi connectivity index (χ0v) is 18.3. The lowest BCUT2D eigenvalue weighted by atomic mass is 9.59. The van der Waals surface area contributed by atoms with Crippen LogP contribution in [0.5, 0.6) is 0 Å². The summed E-state index contributed by atoms with van der Waals surface area (Å²) >= 11 is 0. The molecule has 2 bridgehead atoms. The molecule has 5 fully saturated rings. The molecule has 0 spiro atoms. The van der Waals surface area contributed by atoms with Gasteiger partial charge in [-0.15, -0.1) is 12.4 Å². The molecule has 3 saturated carbocycles. The molecule has 2 amide bonds. The van der Waals surface area contributed by atoms with Crippen molar-refractivity contribution >= 4 is 30.2 Å². The van der Waals surface area contributed by atoms with Gasteiger partial charge in [-0.1, -0.05) is 0 Å². The van der Waals surface area contributed by atoms with Crippen LogP contribution in [-0.4, -0.2) is 70.9 Å². The third-order valence-electron chi connectivity index (χ3n) is 7.63. The number of hydrogen-bond donors (Lipinski definition) is 0. The Kier molecular flexibility index (Phi) is 6.58. The lowest BCUT2D eigenvalue weighted by Gasteiger charge is -2.42. The van der Waals surface area contributed by atoms with Crippen LogP contribution in [-0.2, 0) is 9.59 Å². The number of anilines is 1. The van der Waals surface area contributed by atoms with Crippen molar-refractivity contribution in [2.75, 3.05) is 44.2 Å². The molecule has 1 aromatic heterocycles. The number of halogens is 1. The maximum Gasteiger partial charge on any atom is 0.233 e. The van der Waals surface area contributed by atoms with Crippen LogP contribution in [0.3, 0.4) is 0 Å². The summed E-state index contributed by atoms with van der Waals surface area (Å²) in [4.78, 5) is 40.8. The van der Waals surface area contributed by atoms with Crippen molar-refractivity contribution in [1.82, 2.24) is 19.8 Å². The molecule has 2 unspecified atom stereocenters. The molecule has 0 radical (unpaired) electrons. The maximum atomic E-state index is 12.9. The average molecular weight is 434 g/mol. The zero-order chi connectivity index (χ0) is 19.8. The number of carbonyl (C=O) groups is 2. The number of fused-ring (bicyclic) bond motifs is 2. The van der Waals surface area contributed by atoms with Crippen LogP contribution < -0.4 is 4.90 Å². The number of nitrogens with zero attached hydrogens (tertiary/aromatic N) is 5. The number of rotatable bonds is 6. The number of likely N-dealkylation sites (tertiary alicyclic amines) is 1. The highest BCUT2D eigenvalue weighted by molar-refractivity contribution is 6.05. The first-order valence-corrected chi connectivity index (χ1v) is 11.3. The van der Waals surface area contributed by atoms with Gasteiger partial charge >= 0.3 is 0 Å². The summed E-state index contributed by atoms with van der Waals surface area (Å²) in [6.45, 7) is 5.54. The molecular formula is C22H32ClN5O2. The van der Waals surface area contributed by atoms with Gasteiger partial charge in [0.15, 0.2) is 0 Å². The number of unbranched alkanes of at least 4 members (excludes halogenated alkanes) is 1. The zero-order valence-electron chi connectivity index (χ0n) is 17.5. The predicted octanol–water partition coefficient (Wildman–Crippen LogP) is 2.22. The Bertz CT molecular complexity index is 717. The summed E-state index contributed by atoms with van der Waals surface area (Å²) in [5.41, 5.74) is 0. The number of hydrogen-bond acceptors (Lipinski definition) is 6. The molecule has 2 saturated heterocycles. The van der Waals surface area contributed by atoms with E-state index in [9.17, 15) is 9.59 Å². The number of amides is 2. The van der Waals surface area contributed by atoms with Gasteiger partial charge in [-0.3, -0.25) is 19.4 Å². The van der Waals surface area contributed by atoms with E-state index in [0.29, 0.717) is 18.4 Å². The van der Waals surface area contributed by atoms with Crippen molar-refractivity contribution in [3.8, 4) is 0 Å². The quantitative estimate of drug-likeness (QED) is 0.506. The number of aromatic nitrogens is 2. The molecule has 30 heavy (non-hydrogen) atoms. The van der Waals surface area contributed by atoms with Gasteiger partial charge in [-0.25, -0.2) is 9.97 Å². The Hall–Kier alpha value is -1.73. The normalized spacial score (nSPS) is 31.1. The minimum atomic E-state index is 0. The van der Waals surface area contributed by atoms with Crippen molar-refractivity contribution < 1.29 is 9.59 Å². The van der Waals surface area contributed by atoms with Crippen molar-refractivity contribution in [3.05, 3.63) is 18.5 Å². The Morgan fingerprint density at radius 1 is 0.800 bits per heavy atom. The second kappa shape index (κ2) is 9.18. The largest absolute Gasteiger partial charge is 0.338 e. The summed E-state index contributed by atoms with van der Waals surface area (Å²) in [5.74, 6) is 2.07. The molecule has 2 aliphatic heterocycles. The fourth-order valence-electron chi connectivity index (χ4n) is 6.08. The van der Waals surface area contributed by atoms with Crippen molar-refractivity contribution in [2.45, 2.75) is 38.5 Å². The first-order valence-electron chi connectivity index (χ1n) is 11.3. The van der Waals surface area contributed by atoms with E-state index in [1.807, 2.05) is 6.07 Å². The summed E-state index contributed by atoms with van der Waals surface area (Å²) in [6.07, 6.45) is 10.1. The number of piperazine rings is 1. The molecule has 2 atom stereocenters. The molecule has 5 aliphatic rings. The van der Waals surface area contributed by atoms with E-state index in [-0.39, 0.29) is 36.1 Å². The van der Waals surface area contributed by atoms with Crippen LogP contribution in [0.2, 0.25) is 0 Å². The summed E-state index contributed by atoms with van der Waals surface area (Å²) in [5, 5.41) is 0. The highest BCUT2D eigenvalue weighted by Crippen LogP contribution is 2.52. The molecule has 3 heterocycles. The Morgan fingerprint density at radius 3 is 1.90 bits per heavy atom. The molecule has 1 aromatic rings. The molecule has 0 N–H and O–H groups in total. The number of imide groups is 1. The van der Waals surface area contributed by atoms with Gasteiger partial charge in [-0.2, -0.15) is 0 Å². The van der Waals surface area contributed by atoms with E-state index in [1.54, 1.807) is 17.3 Å². The second-order valence-electron chi connectivity index (χ2n) is 9.14. The fraction of sp³-hybridized carbons (Fsp3) is 0.727. The minimum absolute atomic E-state index is 0. The molecular weight excluding hydrogens is 402 g/mol. The predicted molar refractivity (Wildman–Crippen MR) is 116 cm³/mol. The van der Waals surface area contributed by atoms with Gasteiger partial charge in [-0.05, 0) is 63.0 Å². The fourth-order valence-corrected chi connectivity index (χ4v) is 6.08. The van der Waals surface area contributed by atoms with Gasteiger partial charge in [0, 0.05) is 45.1 Å². The van der Waals surface area contributed by atoms with Gasteiger partial charge < -0.3 is 4.90 Å². The Morgan fingerprint density at radius 2 is 1.33 bits per heavy atom. The van der Waals surface area contributed by atoms with Crippen LogP contribution in [0.1, 0.15) is 38.5 Å². The molecule has 8 heteroatoms. The molecule has 6 rings (SSSR count). The SMILES string of the molecule is Cl.O=C1C2C3CCC(CC3)C2C(=O)N1CCCCN1CCN(c2ncccn2)CC1. The average Bonchev–Trinajstić information content (AvgIpc) is 3.05. The van der Waals surface area contributed by atoms with Gasteiger partial charge in [0.2, 0.25) is 17.8 Å². The van der Waals surface area contributed by atoms with Crippen LogP contribution in [0.4, 0.5) is 5.95 Å². The van der Waals surface area contributed by atoms with E-state index in [1.165, 1.54) is 0 Å². The molecule has 3 aliphatic carbocycles. The van der Waals surface area contributed by atoms with Crippen LogP contribution in [0, 0.1) is 23.7 Å². The lowest BCUT2D eigenvalue weighted by Crippen LogP contribution is -2.47. The molecule has 164 valence electrons. The van der Waals surface area contributed by atoms with Crippen LogP contribution in [0.15, 0.2) is 18.5 Å². The summed E-state index contributed by atoms with van der Waals surface area (Å²) in [7, 11) is 0. The lowest BCUT2D eigenvalue weighted by molar-refractivity contribution is -0.140. The van der Waals surface area contributed by atoms with E-state index in [4.69, 9.17) is 0 Å². The topological polar surface area (TPSA) is 69.6 Å². The summed E-state index contributed by atoms with van der Waals surface area (Å²) < 4.78 is 0. The van der Waals surface area contributed by atoms with Crippen molar-refractivity contribution in [1.29, 1.82) is 0 Å². The van der Waals surface area contributed by atoms with Gasteiger partial charge in [0.1, 0.15) is 0 Å². The van der Waals surface area contributed by atoms with Gasteiger partial charge in [0.05, 0.1) is 11.8 Å². The van der Waals surface area contributed by atoms with Crippen molar-refractivity contribution in [3.63, 3.8) is 0 Å². The highest BCUT2D eigenvalue weighted by atomic mass is 35.5. The van der Waals surface area contributed by atoms with Gasteiger partial charge in [0.25, 0.3) is 0 Å². The third kappa shape index (κ3) is 3.94. The highest BCUT2D eigenvalue weighted by Gasteiger charge is 2.57. The van der Waals surface area contributed by atoms with E-state index in [0.717, 1.165) is 77.2 Å².